The van der Waals surface area contributed by atoms with Gasteiger partial charge in [0.2, 0.25) is 0 Å². The Morgan fingerprint density at radius 1 is 1.67 bits per heavy atom. The molecule has 2 atom stereocenters. The third-order valence-corrected chi connectivity index (χ3v) is 3.71. The summed E-state index contributed by atoms with van der Waals surface area (Å²) in [5, 5.41) is 23.9. The first-order chi connectivity index (χ1) is 9.87. The van der Waals surface area contributed by atoms with Crippen LogP contribution in [0.3, 0.4) is 0 Å². The fraction of sp³-hybridized carbons (Fsp3) is 0.538. The highest BCUT2D eigenvalue weighted by atomic mass is 19.1. The lowest BCUT2D eigenvalue weighted by Gasteiger charge is -2.26. The molecule has 2 N–H and O–H groups in total. The Bertz CT molecular complexity index is 554. The normalized spacial score (nSPS) is 24.9. The van der Waals surface area contributed by atoms with E-state index in [1.165, 1.54) is 13.2 Å². The number of halogens is 1. The average Bonchev–Trinajstić information content (AvgIpc) is 2.77. The van der Waals surface area contributed by atoms with Gasteiger partial charge < -0.3 is 19.9 Å². The number of benzene rings is 1. The molecule has 0 saturated carbocycles. The van der Waals surface area contributed by atoms with Gasteiger partial charge in [-0.05, 0) is 6.92 Å². The van der Waals surface area contributed by atoms with Crippen LogP contribution in [0.5, 0.6) is 5.75 Å². The molecule has 7 nitrogen and oxygen atoms in total. The average molecular weight is 300 g/mol. The van der Waals surface area contributed by atoms with Gasteiger partial charge in [0.25, 0.3) is 0 Å². The van der Waals surface area contributed by atoms with Crippen LogP contribution in [-0.4, -0.2) is 42.0 Å². The number of nitrogens with zero attached hydrogens (tertiary/aromatic N) is 1. The molecule has 0 aliphatic carbocycles. The first-order valence-electron chi connectivity index (χ1n) is 6.47. The molecule has 116 valence electrons. The summed E-state index contributed by atoms with van der Waals surface area (Å²) in [4.78, 5) is 10.1. The van der Waals surface area contributed by atoms with E-state index in [1.54, 1.807) is 6.92 Å². The fourth-order valence-corrected chi connectivity index (χ4v) is 2.24. The molecule has 0 radical (unpaired) electrons. The maximum atomic E-state index is 13.9. The molecular weight excluding hydrogens is 283 g/mol. The Balaban J connectivity index is 2.19. The molecule has 0 bridgehead atoms. The number of aliphatic hydroxyl groups is 1. The van der Waals surface area contributed by atoms with Gasteiger partial charge in [-0.1, -0.05) is 0 Å². The van der Waals surface area contributed by atoms with Crippen molar-refractivity contribution in [3.8, 4) is 5.75 Å². The van der Waals surface area contributed by atoms with Gasteiger partial charge in [-0.3, -0.25) is 10.1 Å². The highest BCUT2D eigenvalue weighted by Gasteiger charge is 2.39. The van der Waals surface area contributed by atoms with Gasteiger partial charge in [-0.25, -0.2) is 4.39 Å². The molecule has 1 heterocycles. The van der Waals surface area contributed by atoms with E-state index < -0.39 is 22.0 Å². The SMILES string of the molecule is COc1cc(NCC2(O)CCOC2C)c(F)cc1[N+](=O)[O-]. The molecule has 2 rings (SSSR count). The molecule has 1 aromatic rings. The smallest absolute Gasteiger partial charge is 0.313 e. The number of rotatable bonds is 5. The summed E-state index contributed by atoms with van der Waals surface area (Å²) < 4.78 is 24.1. The van der Waals surface area contributed by atoms with Gasteiger partial charge in [0.1, 0.15) is 5.60 Å². The monoisotopic (exact) mass is 300 g/mol. The van der Waals surface area contributed by atoms with Crippen LogP contribution in [0.1, 0.15) is 13.3 Å². The van der Waals surface area contributed by atoms with Gasteiger partial charge in [0.15, 0.2) is 11.6 Å². The van der Waals surface area contributed by atoms with E-state index in [2.05, 4.69) is 5.32 Å². The summed E-state index contributed by atoms with van der Waals surface area (Å²) in [7, 11) is 1.27. The lowest BCUT2D eigenvalue weighted by atomic mass is 9.96. The van der Waals surface area contributed by atoms with Crippen molar-refractivity contribution < 1.29 is 23.9 Å². The van der Waals surface area contributed by atoms with Crippen molar-refractivity contribution in [2.45, 2.75) is 25.0 Å². The number of anilines is 1. The van der Waals surface area contributed by atoms with Crippen LogP contribution in [0.25, 0.3) is 0 Å². The molecule has 0 spiro atoms. The molecule has 1 aliphatic heterocycles. The summed E-state index contributed by atoms with van der Waals surface area (Å²) in [6, 6.07) is 2.00. The highest BCUT2D eigenvalue weighted by Crippen LogP contribution is 2.33. The maximum absolute atomic E-state index is 13.9. The number of nitrogens with one attached hydrogen (secondary N) is 1. The molecule has 1 fully saturated rings. The van der Waals surface area contributed by atoms with E-state index in [0.29, 0.717) is 13.0 Å². The molecule has 2 unspecified atom stereocenters. The van der Waals surface area contributed by atoms with Crippen LogP contribution in [0.15, 0.2) is 12.1 Å². The predicted octanol–water partition coefficient (Wildman–Crippen LogP) is 1.69. The first kappa shape index (κ1) is 15.5. The van der Waals surface area contributed by atoms with E-state index in [-0.39, 0.29) is 24.1 Å². The standard InChI is InChI=1S/C13H17FN2O5/c1-8-13(17,3-4-21-8)7-15-10-6-12(20-2)11(16(18)19)5-9(10)14/h5-6,8,15,17H,3-4,7H2,1-2H3. The van der Waals surface area contributed by atoms with Crippen molar-refractivity contribution >= 4 is 11.4 Å². The maximum Gasteiger partial charge on any atom is 0.313 e. The van der Waals surface area contributed by atoms with Gasteiger partial charge in [0.05, 0.1) is 29.9 Å². The molecule has 21 heavy (non-hydrogen) atoms. The van der Waals surface area contributed by atoms with Crippen molar-refractivity contribution in [2.24, 2.45) is 0 Å². The largest absolute Gasteiger partial charge is 0.490 e. The second-order valence-electron chi connectivity index (χ2n) is 4.98. The van der Waals surface area contributed by atoms with E-state index >= 15 is 0 Å². The fourth-order valence-electron chi connectivity index (χ4n) is 2.24. The van der Waals surface area contributed by atoms with Crippen molar-refractivity contribution in [2.75, 3.05) is 25.6 Å². The second-order valence-corrected chi connectivity index (χ2v) is 4.98. The van der Waals surface area contributed by atoms with Crippen LogP contribution >= 0.6 is 0 Å². The lowest BCUT2D eigenvalue weighted by Crippen LogP contribution is -2.43. The van der Waals surface area contributed by atoms with Gasteiger partial charge >= 0.3 is 5.69 Å². The Morgan fingerprint density at radius 2 is 2.38 bits per heavy atom. The van der Waals surface area contributed by atoms with Crippen molar-refractivity contribution in [3.63, 3.8) is 0 Å². The minimum atomic E-state index is -1.10. The van der Waals surface area contributed by atoms with Crippen LogP contribution in [0, 0.1) is 15.9 Å². The summed E-state index contributed by atoms with van der Waals surface area (Å²) >= 11 is 0. The number of ether oxygens (including phenoxy) is 2. The van der Waals surface area contributed by atoms with Crippen LogP contribution in [0.2, 0.25) is 0 Å². The first-order valence-corrected chi connectivity index (χ1v) is 6.47. The number of hydrogen-bond donors (Lipinski definition) is 2. The zero-order chi connectivity index (χ0) is 15.6. The lowest BCUT2D eigenvalue weighted by molar-refractivity contribution is -0.385. The number of methoxy groups -OCH3 is 1. The number of hydrogen-bond acceptors (Lipinski definition) is 6. The van der Waals surface area contributed by atoms with E-state index in [1.807, 2.05) is 0 Å². The Hall–Kier alpha value is -1.93. The Labute approximate surface area is 120 Å². The third-order valence-electron chi connectivity index (χ3n) is 3.71. The van der Waals surface area contributed by atoms with Gasteiger partial charge in [-0.2, -0.15) is 0 Å². The second kappa shape index (κ2) is 5.82. The van der Waals surface area contributed by atoms with Crippen LogP contribution in [0.4, 0.5) is 15.8 Å². The van der Waals surface area contributed by atoms with Crippen molar-refractivity contribution in [3.05, 3.63) is 28.1 Å². The van der Waals surface area contributed by atoms with Crippen LogP contribution in [-0.2, 0) is 4.74 Å². The predicted molar refractivity (Wildman–Crippen MR) is 73.1 cm³/mol. The minimum absolute atomic E-state index is 0.0324. The quantitative estimate of drug-likeness (QED) is 0.635. The third kappa shape index (κ3) is 3.06. The van der Waals surface area contributed by atoms with Crippen molar-refractivity contribution in [1.29, 1.82) is 0 Å². The molecule has 1 aliphatic rings. The Kier molecular flexibility index (Phi) is 4.29. The molecular formula is C13H17FN2O5. The highest BCUT2D eigenvalue weighted by molar-refractivity contribution is 5.59. The minimum Gasteiger partial charge on any atom is -0.490 e. The van der Waals surface area contributed by atoms with Gasteiger partial charge in [0, 0.05) is 25.6 Å². The molecule has 1 saturated heterocycles. The van der Waals surface area contributed by atoms with E-state index in [0.717, 1.165) is 6.07 Å². The molecule has 1 aromatic carbocycles. The van der Waals surface area contributed by atoms with Crippen molar-refractivity contribution in [1.82, 2.24) is 0 Å². The molecule has 0 aromatic heterocycles. The topological polar surface area (TPSA) is 93.9 Å². The zero-order valence-corrected chi connectivity index (χ0v) is 11.8. The van der Waals surface area contributed by atoms with E-state index in [4.69, 9.17) is 9.47 Å². The van der Waals surface area contributed by atoms with E-state index in [9.17, 15) is 19.6 Å². The summed E-state index contributed by atoms with van der Waals surface area (Å²) in [5.41, 5.74) is -1.51. The Morgan fingerprint density at radius 3 is 2.90 bits per heavy atom. The van der Waals surface area contributed by atoms with Gasteiger partial charge in [-0.15, -0.1) is 0 Å². The number of nitro benzene ring substituents is 1. The summed E-state index contributed by atoms with van der Waals surface area (Å²) in [6.07, 6.45) is 0.0698. The summed E-state index contributed by atoms with van der Waals surface area (Å²) in [6.45, 7) is 2.25. The number of nitro groups is 1. The summed E-state index contributed by atoms with van der Waals surface area (Å²) in [5.74, 6) is -0.829. The molecule has 8 heteroatoms. The van der Waals surface area contributed by atoms with Crippen LogP contribution < -0.4 is 10.1 Å². The zero-order valence-electron chi connectivity index (χ0n) is 11.8. The molecule has 0 amide bonds.